The fourth-order valence-electron chi connectivity index (χ4n) is 3.62. The highest BCUT2D eigenvalue weighted by Gasteiger charge is 2.76. The Morgan fingerprint density at radius 2 is 1.14 bits per heavy atom. The molecule has 1 rings (SSSR count). The van der Waals surface area contributed by atoms with Gasteiger partial charge in [0.2, 0.25) is 0 Å². The monoisotopic (exact) mass is 306 g/mol. The summed E-state index contributed by atoms with van der Waals surface area (Å²) in [6.45, 7) is 8.88. The normalized spacial score (nSPS) is 51.1. The summed E-state index contributed by atoms with van der Waals surface area (Å²) in [5.74, 6) is -1.14. The highest BCUT2D eigenvalue weighted by atomic mass is 16.7. The van der Waals surface area contributed by atoms with E-state index in [-0.39, 0.29) is 6.61 Å². The van der Waals surface area contributed by atoms with Gasteiger partial charge < -0.3 is 28.8 Å². The number of hydrogen-bond donors (Lipinski definition) is 1. The second-order valence-corrected chi connectivity index (χ2v) is 6.35. The van der Waals surface area contributed by atoms with Crippen molar-refractivity contribution in [1.29, 1.82) is 0 Å². The number of rotatable bonds is 5. The SMILES string of the molecule is COC1(C)[C@@](C)(OC)OC(C)(CO)[C@@](C)(OC)[C@]1(C)OC. The molecule has 1 aliphatic rings. The molecule has 126 valence electrons. The average Bonchev–Trinajstić information content (AvgIpc) is 2.50. The fraction of sp³-hybridized carbons (Fsp3) is 1.00. The van der Waals surface area contributed by atoms with E-state index in [1.54, 1.807) is 42.3 Å². The Hall–Kier alpha value is -0.240. The predicted octanol–water partition coefficient (Wildman–Crippen LogP) is 1.35. The first-order valence-electron chi connectivity index (χ1n) is 7.03. The maximum Gasteiger partial charge on any atom is 0.197 e. The van der Waals surface area contributed by atoms with Gasteiger partial charge in [0.05, 0.1) is 6.61 Å². The van der Waals surface area contributed by atoms with Crippen molar-refractivity contribution in [2.75, 3.05) is 35.0 Å². The lowest BCUT2D eigenvalue weighted by Gasteiger charge is -2.68. The summed E-state index contributed by atoms with van der Waals surface area (Å²) in [5.41, 5.74) is -3.96. The third kappa shape index (κ3) is 1.93. The van der Waals surface area contributed by atoms with Gasteiger partial charge in [0.15, 0.2) is 5.79 Å². The van der Waals surface area contributed by atoms with E-state index in [0.717, 1.165) is 0 Å². The van der Waals surface area contributed by atoms with Crippen LogP contribution in [-0.4, -0.2) is 68.3 Å². The van der Waals surface area contributed by atoms with Gasteiger partial charge in [-0.2, -0.15) is 0 Å². The molecule has 0 saturated carbocycles. The Kier molecular flexibility index (Phi) is 4.87. The largest absolute Gasteiger partial charge is 0.393 e. The van der Waals surface area contributed by atoms with Crippen molar-refractivity contribution in [1.82, 2.24) is 0 Å². The Bertz CT molecular complexity index is 358. The molecular weight excluding hydrogens is 276 g/mol. The zero-order valence-electron chi connectivity index (χ0n) is 14.7. The number of ether oxygens (including phenoxy) is 5. The molecule has 0 aliphatic carbocycles. The van der Waals surface area contributed by atoms with E-state index in [9.17, 15) is 5.11 Å². The molecule has 1 N–H and O–H groups in total. The molecule has 0 amide bonds. The lowest BCUT2D eigenvalue weighted by molar-refractivity contribution is -0.461. The fourth-order valence-corrected chi connectivity index (χ4v) is 3.62. The molecule has 2 unspecified atom stereocenters. The van der Waals surface area contributed by atoms with Crippen LogP contribution in [0.25, 0.3) is 0 Å². The Labute approximate surface area is 127 Å². The lowest BCUT2D eigenvalue weighted by Crippen LogP contribution is -2.85. The zero-order chi connectivity index (χ0) is 16.7. The van der Waals surface area contributed by atoms with Gasteiger partial charge in [-0.25, -0.2) is 0 Å². The first-order valence-corrected chi connectivity index (χ1v) is 7.03. The molecule has 0 aromatic heterocycles. The molecule has 0 radical (unpaired) electrons. The Morgan fingerprint density at radius 3 is 1.43 bits per heavy atom. The number of hydrogen-bond acceptors (Lipinski definition) is 6. The second-order valence-electron chi connectivity index (χ2n) is 6.35. The maximum atomic E-state index is 9.96. The Morgan fingerprint density at radius 1 is 0.714 bits per heavy atom. The molecule has 0 aromatic rings. The van der Waals surface area contributed by atoms with Crippen molar-refractivity contribution < 1.29 is 28.8 Å². The van der Waals surface area contributed by atoms with Crippen molar-refractivity contribution in [2.24, 2.45) is 0 Å². The molecule has 5 atom stereocenters. The van der Waals surface area contributed by atoms with Crippen molar-refractivity contribution >= 4 is 0 Å². The molecule has 6 nitrogen and oxygen atoms in total. The molecule has 21 heavy (non-hydrogen) atoms. The van der Waals surface area contributed by atoms with Crippen molar-refractivity contribution in [3.8, 4) is 0 Å². The highest BCUT2D eigenvalue weighted by Crippen LogP contribution is 2.57. The van der Waals surface area contributed by atoms with Crippen LogP contribution in [0.5, 0.6) is 0 Å². The summed E-state index contributed by atoms with van der Waals surface area (Å²) in [6, 6.07) is 0. The van der Waals surface area contributed by atoms with Gasteiger partial charge in [-0.05, 0) is 34.6 Å². The van der Waals surface area contributed by atoms with Gasteiger partial charge >= 0.3 is 0 Å². The quantitative estimate of drug-likeness (QED) is 0.827. The van der Waals surface area contributed by atoms with Gasteiger partial charge in [-0.1, -0.05) is 0 Å². The summed E-state index contributed by atoms with van der Waals surface area (Å²) in [4.78, 5) is 0. The molecule has 0 bridgehead atoms. The molecule has 0 spiro atoms. The summed E-state index contributed by atoms with van der Waals surface area (Å²) in [6.07, 6.45) is 0. The van der Waals surface area contributed by atoms with Crippen LogP contribution in [-0.2, 0) is 23.7 Å². The smallest absolute Gasteiger partial charge is 0.197 e. The summed E-state index contributed by atoms with van der Waals surface area (Å²) < 4.78 is 29.2. The number of methoxy groups -OCH3 is 4. The van der Waals surface area contributed by atoms with Crippen LogP contribution in [0.2, 0.25) is 0 Å². The van der Waals surface area contributed by atoms with E-state index in [2.05, 4.69) is 0 Å². The van der Waals surface area contributed by atoms with Crippen LogP contribution in [0.3, 0.4) is 0 Å². The second kappa shape index (κ2) is 5.44. The van der Waals surface area contributed by atoms with Crippen LogP contribution >= 0.6 is 0 Å². The van der Waals surface area contributed by atoms with E-state index in [1.165, 1.54) is 0 Å². The first-order chi connectivity index (χ1) is 9.51. The van der Waals surface area contributed by atoms with E-state index in [0.29, 0.717) is 0 Å². The van der Waals surface area contributed by atoms with E-state index in [1.807, 2.05) is 20.8 Å². The van der Waals surface area contributed by atoms with Gasteiger partial charge in [-0.3, -0.25) is 0 Å². The van der Waals surface area contributed by atoms with Gasteiger partial charge in [0.1, 0.15) is 22.4 Å². The molecule has 0 aromatic carbocycles. The molecule has 1 heterocycles. The maximum absolute atomic E-state index is 9.96. The molecule has 1 aliphatic heterocycles. The van der Waals surface area contributed by atoms with Crippen molar-refractivity contribution in [3.05, 3.63) is 0 Å². The topological polar surface area (TPSA) is 66.4 Å². The molecule has 6 heteroatoms. The minimum absolute atomic E-state index is 0.255. The van der Waals surface area contributed by atoms with E-state index < -0.39 is 28.2 Å². The van der Waals surface area contributed by atoms with Crippen LogP contribution in [0, 0.1) is 0 Å². The van der Waals surface area contributed by atoms with E-state index in [4.69, 9.17) is 23.7 Å². The van der Waals surface area contributed by atoms with Gasteiger partial charge in [0, 0.05) is 28.4 Å². The summed E-state index contributed by atoms with van der Waals surface area (Å²) in [7, 11) is 6.28. The van der Waals surface area contributed by atoms with Crippen molar-refractivity contribution in [3.63, 3.8) is 0 Å². The average molecular weight is 306 g/mol. The van der Waals surface area contributed by atoms with E-state index >= 15 is 0 Å². The van der Waals surface area contributed by atoms with Crippen LogP contribution in [0.4, 0.5) is 0 Å². The zero-order valence-corrected chi connectivity index (χ0v) is 14.7. The third-order valence-electron chi connectivity index (χ3n) is 6.03. The predicted molar refractivity (Wildman–Crippen MR) is 78.2 cm³/mol. The highest BCUT2D eigenvalue weighted by molar-refractivity contribution is 5.23. The van der Waals surface area contributed by atoms with Crippen LogP contribution in [0.15, 0.2) is 0 Å². The van der Waals surface area contributed by atoms with Crippen molar-refractivity contribution in [2.45, 2.75) is 62.8 Å². The van der Waals surface area contributed by atoms with Gasteiger partial charge in [-0.15, -0.1) is 0 Å². The minimum atomic E-state index is -1.14. The number of aliphatic hydroxyl groups excluding tert-OH is 1. The Balaban J connectivity index is 3.70. The molecule has 1 saturated heterocycles. The third-order valence-corrected chi connectivity index (χ3v) is 6.03. The van der Waals surface area contributed by atoms with Crippen LogP contribution < -0.4 is 0 Å². The summed E-state index contributed by atoms with van der Waals surface area (Å²) in [5, 5.41) is 9.96. The first kappa shape index (κ1) is 18.8. The molecular formula is C15H30O6. The number of aliphatic hydroxyl groups is 1. The lowest BCUT2D eigenvalue weighted by atomic mass is 9.60. The van der Waals surface area contributed by atoms with Gasteiger partial charge in [0.25, 0.3) is 0 Å². The minimum Gasteiger partial charge on any atom is -0.393 e. The standard InChI is InChI=1S/C15H30O6/c1-11(10-16)12(2,17-6)13(3,18-7)14(4,19-8)15(5,20-9)21-11/h16H,10H2,1-9H3/t11?,12-,13+,14?,15+/m1/s1. The van der Waals surface area contributed by atoms with Crippen LogP contribution in [0.1, 0.15) is 34.6 Å². The molecule has 1 fully saturated rings. The summed E-state index contributed by atoms with van der Waals surface area (Å²) >= 11 is 0.